The second kappa shape index (κ2) is 5.17. The third-order valence-electron chi connectivity index (χ3n) is 4.69. The van der Waals surface area contributed by atoms with Crippen LogP contribution in [0, 0.1) is 10.5 Å². The van der Waals surface area contributed by atoms with E-state index in [-0.39, 0.29) is 11.2 Å². The van der Waals surface area contributed by atoms with E-state index in [4.69, 9.17) is 0 Å². The summed E-state index contributed by atoms with van der Waals surface area (Å²) in [5.41, 5.74) is 3.63. The third kappa shape index (κ3) is 1.84. The van der Waals surface area contributed by atoms with E-state index in [0.717, 1.165) is 42.1 Å². The number of nitrogens with one attached hydrogen (secondary N) is 1. The predicted molar refractivity (Wildman–Crippen MR) is 107 cm³/mol. The minimum Gasteiger partial charge on any atom is -0.507 e. The second-order valence-corrected chi connectivity index (χ2v) is 7.12. The number of halogens is 1. The van der Waals surface area contributed by atoms with Crippen molar-refractivity contribution in [3.8, 4) is 16.9 Å². The molecule has 120 valence electrons. The molecule has 0 spiro atoms. The van der Waals surface area contributed by atoms with Gasteiger partial charge in [-0.2, -0.15) is 0 Å². The van der Waals surface area contributed by atoms with E-state index in [1.165, 1.54) is 0 Å². The van der Waals surface area contributed by atoms with Crippen LogP contribution in [-0.4, -0.2) is 19.2 Å². The SMILES string of the molecule is CN=c1cc2c(C)cc(=O)c3c(NC)cc4c(I)cc(O)c1c4c3-2. The van der Waals surface area contributed by atoms with Crippen LogP contribution in [0.4, 0.5) is 5.69 Å². The summed E-state index contributed by atoms with van der Waals surface area (Å²) in [5, 5.41) is 17.7. The summed E-state index contributed by atoms with van der Waals surface area (Å²) in [6.07, 6.45) is 0. The molecule has 2 N–H and O–H groups in total. The van der Waals surface area contributed by atoms with E-state index in [9.17, 15) is 9.90 Å². The summed E-state index contributed by atoms with van der Waals surface area (Å²) in [4.78, 5) is 17.0. The molecule has 2 aromatic carbocycles. The highest BCUT2D eigenvalue weighted by Gasteiger charge is 2.23. The minimum absolute atomic E-state index is 0.00733. The monoisotopic (exact) mass is 430 g/mol. The number of phenolic OH excluding ortho intramolecular Hbond substituents is 1. The van der Waals surface area contributed by atoms with Gasteiger partial charge in [0.2, 0.25) is 0 Å². The predicted octanol–water partition coefficient (Wildman–Crippen LogP) is 3.52. The lowest BCUT2D eigenvalue weighted by molar-refractivity contribution is 0.481. The fourth-order valence-electron chi connectivity index (χ4n) is 3.63. The van der Waals surface area contributed by atoms with Gasteiger partial charge >= 0.3 is 0 Å². The molecule has 0 aliphatic heterocycles. The van der Waals surface area contributed by atoms with Gasteiger partial charge in [0.25, 0.3) is 0 Å². The van der Waals surface area contributed by atoms with Crippen LogP contribution < -0.4 is 16.1 Å². The van der Waals surface area contributed by atoms with Crippen molar-refractivity contribution in [2.24, 2.45) is 4.99 Å². The maximum absolute atomic E-state index is 12.7. The van der Waals surface area contributed by atoms with Crippen LogP contribution in [0.5, 0.6) is 5.75 Å². The van der Waals surface area contributed by atoms with Gasteiger partial charge in [0.15, 0.2) is 5.43 Å². The molecule has 0 atom stereocenters. The lowest BCUT2D eigenvalue weighted by Crippen LogP contribution is -2.13. The molecule has 0 bridgehead atoms. The zero-order chi connectivity index (χ0) is 17.2. The Morgan fingerprint density at radius 3 is 2.54 bits per heavy atom. The number of anilines is 1. The number of rotatable bonds is 1. The van der Waals surface area contributed by atoms with Gasteiger partial charge in [0.1, 0.15) is 5.75 Å². The molecule has 0 fully saturated rings. The van der Waals surface area contributed by atoms with E-state index in [1.54, 1.807) is 19.2 Å². The molecule has 4 nitrogen and oxygen atoms in total. The molecular formula is C19H15IN2O2. The fourth-order valence-corrected chi connectivity index (χ4v) is 4.35. The van der Waals surface area contributed by atoms with Crippen LogP contribution in [0.2, 0.25) is 0 Å². The van der Waals surface area contributed by atoms with Gasteiger partial charge in [-0.15, -0.1) is 0 Å². The first-order chi connectivity index (χ1) is 11.5. The highest BCUT2D eigenvalue weighted by atomic mass is 127. The summed E-state index contributed by atoms with van der Waals surface area (Å²) in [5.74, 6) is 0.196. The fraction of sp³-hybridized carbons (Fsp3) is 0.158. The van der Waals surface area contributed by atoms with Gasteiger partial charge in [0.05, 0.1) is 16.1 Å². The standard InChI is InChI=1S/C19H15IN2O2/c1-8-4-14(23)18-13(22-3)6-10-11(20)7-15(24)19-12(21-2)5-9(8)16(18)17(10)19/h4-7,22,24H,1-3H3. The molecule has 0 unspecified atom stereocenters. The van der Waals surface area contributed by atoms with Crippen molar-refractivity contribution in [3.63, 3.8) is 0 Å². The number of benzene rings is 4. The molecule has 24 heavy (non-hydrogen) atoms. The Kier molecular flexibility index (Phi) is 3.32. The molecule has 2 aliphatic rings. The summed E-state index contributed by atoms with van der Waals surface area (Å²) in [7, 11) is 3.54. The molecule has 0 radical (unpaired) electrons. The van der Waals surface area contributed by atoms with Crippen LogP contribution >= 0.6 is 22.6 Å². The van der Waals surface area contributed by atoms with E-state index >= 15 is 0 Å². The molecule has 5 heteroatoms. The van der Waals surface area contributed by atoms with Crippen molar-refractivity contribution in [3.05, 3.63) is 49.0 Å². The number of hydrogen-bond acceptors (Lipinski definition) is 4. The van der Waals surface area contributed by atoms with Crippen molar-refractivity contribution in [2.45, 2.75) is 6.92 Å². The Morgan fingerprint density at radius 1 is 1.12 bits per heavy atom. The topological polar surface area (TPSA) is 61.7 Å². The Bertz CT molecular complexity index is 1200. The number of hydrogen-bond donors (Lipinski definition) is 2. The Labute approximate surface area is 152 Å². The number of aromatic hydroxyl groups is 1. The number of phenols is 1. The highest BCUT2D eigenvalue weighted by molar-refractivity contribution is 14.1. The number of aryl methyl sites for hydroxylation is 1. The third-order valence-corrected chi connectivity index (χ3v) is 5.58. The average molecular weight is 430 g/mol. The van der Waals surface area contributed by atoms with Crippen LogP contribution in [0.25, 0.3) is 32.7 Å². The first-order valence-corrected chi connectivity index (χ1v) is 8.68. The maximum Gasteiger partial charge on any atom is 0.188 e. The van der Waals surface area contributed by atoms with Gasteiger partial charge in [0, 0.05) is 34.3 Å². The van der Waals surface area contributed by atoms with Crippen LogP contribution in [-0.2, 0) is 0 Å². The zero-order valence-corrected chi connectivity index (χ0v) is 15.6. The Hall–Kier alpha value is -2.15. The molecule has 2 aromatic rings. The largest absolute Gasteiger partial charge is 0.507 e. The van der Waals surface area contributed by atoms with Gasteiger partial charge in [-0.05, 0) is 70.3 Å². The normalized spacial score (nSPS) is 12.8. The lowest BCUT2D eigenvalue weighted by Gasteiger charge is -2.21. The Morgan fingerprint density at radius 2 is 1.88 bits per heavy atom. The van der Waals surface area contributed by atoms with Gasteiger partial charge in [-0.3, -0.25) is 9.79 Å². The first-order valence-electron chi connectivity index (χ1n) is 7.60. The first kappa shape index (κ1) is 15.4. The smallest absolute Gasteiger partial charge is 0.188 e. The molecule has 0 saturated heterocycles. The maximum atomic E-state index is 12.7. The number of nitrogens with zero attached hydrogens (tertiary/aromatic N) is 1. The van der Waals surface area contributed by atoms with Crippen LogP contribution in [0.1, 0.15) is 5.56 Å². The molecular weight excluding hydrogens is 415 g/mol. The summed E-state index contributed by atoms with van der Waals surface area (Å²) < 4.78 is 0.944. The summed E-state index contributed by atoms with van der Waals surface area (Å²) in [6, 6.07) is 7.38. The van der Waals surface area contributed by atoms with E-state index in [1.807, 2.05) is 26.1 Å². The van der Waals surface area contributed by atoms with Crippen molar-refractivity contribution in [1.82, 2.24) is 0 Å². The van der Waals surface area contributed by atoms with E-state index < -0.39 is 0 Å². The molecule has 2 aliphatic carbocycles. The van der Waals surface area contributed by atoms with E-state index in [2.05, 4.69) is 32.9 Å². The molecule has 0 aromatic heterocycles. The summed E-state index contributed by atoms with van der Waals surface area (Å²) in [6.45, 7) is 1.94. The van der Waals surface area contributed by atoms with Gasteiger partial charge in [-0.1, -0.05) is 0 Å². The van der Waals surface area contributed by atoms with Gasteiger partial charge < -0.3 is 10.4 Å². The van der Waals surface area contributed by atoms with Crippen molar-refractivity contribution < 1.29 is 5.11 Å². The van der Waals surface area contributed by atoms with Crippen LogP contribution in [0.15, 0.2) is 34.1 Å². The van der Waals surface area contributed by atoms with Crippen LogP contribution in [0.3, 0.4) is 0 Å². The molecule has 0 heterocycles. The zero-order valence-electron chi connectivity index (χ0n) is 13.5. The van der Waals surface area contributed by atoms with Crippen molar-refractivity contribution in [1.29, 1.82) is 0 Å². The minimum atomic E-state index is -0.00733. The van der Waals surface area contributed by atoms with E-state index in [0.29, 0.717) is 10.8 Å². The van der Waals surface area contributed by atoms with Gasteiger partial charge in [-0.25, -0.2) is 0 Å². The quantitative estimate of drug-likeness (QED) is 0.359. The summed E-state index contributed by atoms with van der Waals surface area (Å²) >= 11 is 2.22. The lowest BCUT2D eigenvalue weighted by atomic mass is 9.85. The Balaban J connectivity index is 2.52. The second-order valence-electron chi connectivity index (χ2n) is 5.96. The molecule has 0 amide bonds. The highest BCUT2D eigenvalue weighted by Crippen LogP contribution is 2.44. The van der Waals surface area contributed by atoms with Crippen molar-refractivity contribution in [2.75, 3.05) is 19.4 Å². The average Bonchev–Trinajstić information content (AvgIpc) is 2.56. The molecule has 4 rings (SSSR count). The van der Waals surface area contributed by atoms with Crippen molar-refractivity contribution >= 4 is 49.8 Å². The molecule has 0 saturated carbocycles.